The largest absolute Gasteiger partial charge is 0.508 e. The normalized spacial score (nSPS) is 11.6. The molecule has 0 bridgehead atoms. The maximum absolute atomic E-state index is 12.9. The van der Waals surface area contributed by atoms with E-state index in [-0.39, 0.29) is 22.3 Å². The second-order valence-corrected chi connectivity index (χ2v) is 11.0. The fourth-order valence-electron chi connectivity index (χ4n) is 4.62. The first-order valence-electron chi connectivity index (χ1n) is 12.9. The van der Waals surface area contributed by atoms with Crippen LogP contribution in [0.3, 0.4) is 0 Å². The minimum absolute atomic E-state index is 0.212. The van der Waals surface area contributed by atoms with Crippen LogP contribution in [0.2, 0.25) is 0 Å². The molecular weight excluding hydrogens is 648 g/mol. The van der Waals surface area contributed by atoms with Crippen LogP contribution in [-0.4, -0.2) is 49.3 Å². The van der Waals surface area contributed by atoms with E-state index in [1.165, 1.54) is 0 Å². The highest BCUT2D eigenvalue weighted by Gasteiger charge is 2.25. The van der Waals surface area contributed by atoms with Gasteiger partial charge < -0.3 is 58.1 Å². The Kier molecular flexibility index (Phi) is 6.90. The number of hydrogen-bond donors (Lipinski definition) is 8. The number of fused-ring (bicyclic) bond motifs is 2. The molecule has 0 spiro atoms. The molecule has 0 fully saturated rings. The maximum atomic E-state index is 12.9. The molecule has 47 heavy (non-hydrogen) atoms. The van der Waals surface area contributed by atoms with Crippen molar-refractivity contribution in [1.29, 1.82) is 0 Å². The molecule has 0 radical (unpaired) electrons. The molecule has 6 rings (SSSR count). The van der Waals surface area contributed by atoms with Gasteiger partial charge >= 0.3 is 10.4 Å². The maximum Gasteiger partial charge on any atom is 0.501 e. The summed E-state index contributed by atoms with van der Waals surface area (Å²) in [6, 6.07) is 9.39. The van der Waals surface area contributed by atoms with E-state index in [1.807, 2.05) is 0 Å². The first-order valence-corrected chi connectivity index (χ1v) is 14.2. The van der Waals surface area contributed by atoms with Gasteiger partial charge in [-0.1, -0.05) is 0 Å². The Morgan fingerprint density at radius 1 is 0.511 bits per heavy atom. The number of rotatable bonds is 6. The second kappa shape index (κ2) is 10.7. The van der Waals surface area contributed by atoms with Gasteiger partial charge in [-0.05, 0) is 36.4 Å². The van der Waals surface area contributed by atoms with Gasteiger partial charge in [0.05, 0.1) is 0 Å². The highest BCUT2D eigenvalue weighted by Crippen LogP contribution is 2.41. The lowest BCUT2D eigenvalue weighted by atomic mass is 10.1. The van der Waals surface area contributed by atoms with E-state index < -0.39 is 101 Å². The van der Waals surface area contributed by atoms with E-state index in [0.717, 1.165) is 60.7 Å². The number of phenols is 6. The molecule has 0 unspecified atom stereocenters. The van der Waals surface area contributed by atoms with Crippen molar-refractivity contribution < 1.29 is 66.5 Å². The fraction of sp³-hybridized carbons (Fsp3) is 0. The minimum Gasteiger partial charge on any atom is -0.508 e. The Morgan fingerprint density at radius 3 is 1.28 bits per heavy atom. The van der Waals surface area contributed by atoms with Crippen LogP contribution in [0.1, 0.15) is 0 Å². The molecule has 0 aliphatic rings. The van der Waals surface area contributed by atoms with Crippen LogP contribution in [0.15, 0.2) is 79.1 Å². The molecular formula is C30H18O16S. The summed E-state index contributed by atoms with van der Waals surface area (Å²) < 4.78 is 46.4. The van der Waals surface area contributed by atoms with E-state index in [0.29, 0.717) is 0 Å². The number of aromatic hydroxyl groups is 8. The second-order valence-electron chi connectivity index (χ2n) is 9.83. The molecule has 0 aliphatic carbocycles. The van der Waals surface area contributed by atoms with Gasteiger partial charge in [0.2, 0.25) is 22.4 Å². The average molecular weight is 667 g/mol. The first kappa shape index (κ1) is 30.3. The van der Waals surface area contributed by atoms with Crippen molar-refractivity contribution in [1.82, 2.24) is 0 Å². The summed E-state index contributed by atoms with van der Waals surface area (Å²) in [5.74, 6) is -8.61. The number of phenolic OH excluding ortho intramolecular Hbond substituents is 6. The van der Waals surface area contributed by atoms with Gasteiger partial charge in [0, 0.05) is 35.4 Å². The van der Waals surface area contributed by atoms with Gasteiger partial charge in [-0.2, -0.15) is 0 Å². The molecule has 8 N–H and O–H groups in total. The third kappa shape index (κ3) is 5.31. The van der Waals surface area contributed by atoms with Gasteiger partial charge in [-0.15, -0.1) is 8.42 Å². The Bertz CT molecular complexity index is 2350. The van der Waals surface area contributed by atoms with Crippen LogP contribution in [0.25, 0.3) is 44.6 Å². The molecule has 2 aromatic heterocycles. The van der Waals surface area contributed by atoms with Gasteiger partial charge in [0.1, 0.15) is 44.9 Å². The zero-order chi connectivity index (χ0) is 33.9. The van der Waals surface area contributed by atoms with Crippen molar-refractivity contribution >= 4 is 32.3 Å². The van der Waals surface area contributed by atoms with Gasteiger partial charge in [-0.3, -0.25) is 9.59 Å². The molecule has 0 atom stereocenters. The van der Waals surface area contributed by atoms with Crippen molar-refractivity contribution in [2.75, 3.05) is 0 Å². The minimum atomic E-state index is -5.22. The van der Waals surface area contributed by atoms with Crippen LogP contribution >= 0.6 is 0 Å². The standard InChI is InChI=1S/C30H18O16S/c31-13-7-17(35)23-21(9-13)43-29(27(39)25(23)37)11-1-3-15(33)19(5-11)45-47(41,42)46-20-6-12(2-4-16(20)34)30-28(40)26(38)24-18(36)8-14(32)10-22(24)44-30/h1-10,31-36,39-40H. The molecule has 16 nitrogen and oxygen atoms in total. The van der Waals surface area contributed by atoms with Gasteiger partial charge in [-0.25, -0.2) is 0 Å². The topological polar surface area (TPSA) is 275 Å². The van der Waals surface area contributed by atoms with E-state index in [9.17, 15) is 58.9 Å². The van der Waals surface area contributed by atoms with Crippen LogP contribution in [0.5, 0.6) is 57.5 Å². The summed E-state index contributed by atoms with van der Waals surface area (Å²) in [4.78, 5) is 25.4. The summed E-state index contributed by atoms with van der Waals surface area (Å²) in [5.41, 5.74) is -3.30. The van der Waals surface area contributed by atoms with Crippen LogP contribution in [0.4, 0.5) is 0 Å². The van der Waals surface area contributed by atoms with Crippen LogP contribution in [0, 0.1) is 0 Å². The monoisotopic (exact) mass is 666 g/mol. The third-order valence-corrected chi connectivity index (χ3v) is 7.47. The Hall–Kier alpha value is -6.75. The van der Waals surface area contributed by atoms with E-state index in [1.54, 1.807) is 0 Å². The molecule has 0 amide bonds. The highest BCUT2D eigenvalue weighted by atomic mass is 32.3. The summed E-state index contributed by atoms with van der Waals surface area (Å²) in [6.45, 7) is 0. The smallest absolute Gasteiger partial charge is 0.501 e. The summed E-state index contributed by atoms with van der Waals surface area (Å²) in [6.07, 6.45) is 0. The van der Waals surface area contributed by atoms with E-state index >= 15 is 0 Å². The van der Waals surface area contributed by atoms with Crippen molar-refractivity contribution in [3.05, 3.63) is 81.1 Å². The summed E-state index contributed by atoms with van der Waals surface area (Å²) in [5, 5.41) is 80.2. The Morgan fingerprint density at radius 2 is 0.894 bits per heavy atom. The molecule has 240 valence electrons. The van der Waals surface area contributed by atoms with Crippen molar-refractivity contribution in [2.45, 2.75) is 0 Å². The predicted octanol–water partition coefficient (Wildman–Crippen LogP) is 3.58. The fourth-order valence-corrected chi connectivity index (χ4v) is 5.36. The van der Waals surface area contributed by atoms with Crippen molar-refractivity contribution in [3.8, 4) is 80.1 Å². The van der Waals surface area contributed by atoms with Crippen LogP contribution in [-0.2, 0) is 10.4 Å². The molecule has 4 aromatic carbocycles. The number of hydrogen-bond acceptors (Lipinski definition) is 16. The SMILES string of the molecule is O=c1c(O)c(-c2ccc(O)c(OS(=O)(=O)Oc3cc(-c4oc5cc(O)cc(O)c5c(=O)c4O)ccc3O)c2)oc2cc(O)cc(O)c12. The number of benzene rings is 4. The Balaban J connectivity index is 1.35. The van der Waals surface area contributed by atoms with E-state index in [2.05, 4.69) is 0 Å². The molecule has 0 saturated heterocycles. The Labute approximate surface area is 260 Å². The molecule has 17 heteroatoms. The lowest BCUT2D eigenvalue weighted by Gasteiger charge is -2.13. The zero-order valence-electron chi connectivity index (χ0n) is 23.0. The molecule has 2 heterocycles. The quantitative estimate of drug-likeness (QED) is 0.126. The zero-order valence-corrected chi connectivity index (χ0v) is 23.8. The lowest BCUT2D eigenvalue weighted by Crippen LogP contribution is -2.16. The van der Waals surface area contributed by atoms with Gasteiger partial charge in [0.25, 0.3) is 0 Å². The van der Waals surface area contributed by atoms with Gasteiger partial charge in [0.15, 0.2) is 34.5 Å². The molecule has 0 aliphatic heterocycles. The lowest BCUT2D eigenvalue weighted by molar-refractivity contribution is 0.364. The first-order chi connectivity index (χ1) is 22.1. The van der Waals surface area contributed by atoms with E-state index in [4.69, 9.17) is 17.2 Å². The van der Waals surface area contributed by atoms with Crippen molar-refractivity contribution in [3.63, 3.8) is 0 Å². The average Bonchev–Trinajstić information content (AvgIpc) is 2.98. The summed E-state index contributed by atoms with van der Waals surface area (Å²) in [7, 11) is -5.22. The van der Waals surface area contributed by atoms with Crippen molar-refractivity contribution in [2.24, 2.45) is 0 Å². The molecule has 0 saturated carbocycles. The third-order valence-electron chi connectivity index (χ3n) is 6.70. The summed E-state index contributed by atoms with van der Waals surface area (Å²) >= 11 is 0. The predicted molar refractivity (Wildman–Crippen MR) is 159 cm³/mol. The molecule has 6 aromatic rings. The van der Waals surface area contributed by atoms with Crippen LogP contribution < -0.4 is 19.2 Å². The highest BCUT2D eigenvalue weighted by molar-refractivity contribution is 7.82.